The summed E-state index contributed by atoms with van der Waals surface area (Å²) in [5.74, 6) is -1.21. The second-order valence-electron chi connectivity index (χ2n) is 4.44. The van der Waals surface area contributed by atoms with E-state index in [1.165, 1.54) is 11.8 Å². The maximum Gasteiger partial charge on any atom is 0.348 e. The van der Waals surface area contributed by atoms with Crippen LogP contribution in [0.4, 0.5) is 5.69 Å². The lowest BCUT2D eigenvalue weighted by molar-refractivity contribution is -0.113. The van der Waals surface area contributed by atoms with Crippen LogP contribution in [0.3, 0.4) is 0 Å². The standard InChI is InChI=1S/C11H11N5O3S2/c17-8(12-7-3-4-20-9(7)10(18)19)5-21-11-13-14-15-16(11)6-1-2-6/h3-4,6H,1-2,5H2,(H,12,17)(H,18,19). The quantitative estimate of drug-likeness (QED) is 0.774. The van der Waals surface area contributed by atoms with Crippen molar-refractivity contribution in [3.05, 3.63) is 16.3 Å². The van der Waals surface area contributed by atoms with Crippen LogP contribution in [0, 0.1) is 0 Å². The molecule has 0 spiro atoms. The van der Waals surface area contributed by atoms with Gasteiger partial charge in [0.1, 0.15) is 4.88 Å². The Balaban J connectivity index is 1.58. The fourth-order valence-corrected chi connectivity index (χ4v) is 3.15. The smallest absolute Gasteiger partial charge is 0.348 e. The van der Waals surface area contributed by atoms with E-state index in [1.54, 1.807) is 16.1 Å². The van der Waals surface area contributed by atoms with Gasteiger partial charge in [-0.15, -0.1) is 16.4 Å². The number of rotatable bonds is 6. The van der Waals surface area contributed by atoms with E-state index in [0.717, 1.165) is 24.2 Å². The van der Waals surface area contributed by atoms with Crippen molar-refractivity contribution in [1.29, 1.82) is 0 Å². The Bertz CT molecular complexity index is 679. The van der Waals surface area contributed by atoms with Crippen LogP contribution < -0.4 is 5.32 Å². The highest BCUT2D eigenvalue weighted by Crippen LogP contribution is 2.36. The molecule has 8 nitrogen and oxygen atoms in total. The number of thioether (sulfide) groups is 1. The van der Waals surface area contributed by atoms with E-state index in [2.05, 4.69) is 20.8 Å². The molecule has 1 aliphatic carbocycles. The zero-order valence-corrected chi connectivity index (χ0v) is 12.4. The summed E-state index contributed by atoms with van der Waals surface area (Å²) < 4.78 is 1.73. The predicted octanol–water partition coefficient (Wildman–Crippen LogP) is 1.50. The molecule has 21 heavy (non-hydrogen) atoms. The largest absolute Gasteiger partial charge is 0.477 e. The molecule has 2 heterocycles. The fraction of sp³-hybridized carbons (Fsp3) is 0.364. The molecule has 10 heteroatoms. The van der Waals surface area contributed by atoms with Gasteiger partial charge >= 0.3 is 5.97 Å². The molecule has 0 bridgehead atoms. The van der Waals surface area contributed by atoms with Gasteiger partial charge in [0.25, 0.3) is 0 Å². The summed E-state index contributed by atoms with van der Waals surface area (Å²) in [5.41, 5.74) is 0.319. The Morgan fingerprint density at radius 3 is 3.05 bits per heavy atom. The van der Waals surface area contributed by atoms with Crippen LogP contribution in [0.15, 0.2) is 16.6 Å². The molecule has 0 aliphatic heterocycles. The number of tetrazole rings is 1. The maximum absolute atomic E-state index is 11.9. The second-order valence-corrected chi connectivity index (χ2v) is 6.30. The van der Waals surface area contributed by atoms with Crippen molar-refractivity contribution in [1.82, 2.24) is 20.2 Å². The molecule has 2 N–H and O–H groups in total. The summed E-state index contributed by atoms with van der Waals surface area (Å²) in [6, 6.07) is 1.92. The minimum absolute atomic E-state index is 0.121. The third-order valence-corrected chi connectivity index (χ3v) is 4.66. The highest BCUT2D eigenvalue weighted by Gasteiger charge is 2.28. The van der Waals surface area contributed by atoms with E-state index < -0.39 is 5.97 Å². The number of aromatic nitrogens is 4. The number of carboxylic acids is 1. The van der Waals surface area contributed by atoms with E-state index in [9.17, 15) is 9.59 Å². The molecule has 2 aromatic heterocycles. The van der Waals surface area contributed by atoms with Crippen LogP contribution in [-0.2, 0) is 4.79 Å². The number of hydrogen-bond acceptors (Lipinski definition) is 7. The summed E-state index contributed by atoms with van der Waals surface area (Å²) in [5, 5.41) is 25.2. The Kier molecular flexibility index (Phi) is 3.88. The molecule has 1 aliphatic rings. The van der Waals surface area contributed by atoms with E-state index in [0.29, 0.717) is 16.9 Å². The molecule has 0 unspecified atom stereocenters. The number of anilines is 1. The SMILES string of the molecule is O=C(CSc1nnnn1C1CC1)Nc1ccsc1C(=O)O. The number of hydrogen-bond donors (Lipinski definition) is 2. The number of aromatic carboxylic acids is 1. The first-order valence-electron chi connectivity index (χ1n) is 6.16. The number of amides is 1. The topological polar surface area (TPSA) is 110 Å². The molecule has 1 saturated carbocycles. The van der Waals surface area contributed by atoms with Crippen molar-refractivity contribution in [3.8, 4) is 0 Å². The zero-order chi connectivity index (χ0) is 14.8. The monoisotopic (exact) mass is 325 g/mol. The van der Waals surface area contributed by atoms with Gasteiger partial charge in [-0.25, -0.2) is 9.48 Å². The Hall–Kier alpha value is -1.94. The van der Waals surface area contributed by atoms with Gasteiger partial charge in [0.05, 0.1) is 17.5 Å². The highest BCUT2D eigenvalue weighted by atomic mass is 32.2. The average molecular weight is 325 g/mol. The summed E-state index contributed by atoms with van der Waals surface area (Å²) >= 11 is 2.31. The summed E-state index contributed by atoms with van der Waals surface area (Å²) in [6.07, 6.45) is 2.11. The van der Waals surface area contributed by atoms with Gasteiger partial charge in [0.2, 0.25) is 11.1 Å². The Morgan fingerprint density at radius 2 is 2.33 bits per heavy atom. The van der Waals surface area contributed by atoms with Crippen molar-refractivity contribution in [3.63, 3.8) is 0 Å². The van der Waals surface area contributed by atoms with E-state index in [1.807, 2.05) is 0 Å². The van der Waals surface area contributed by atoms with Gasteiger partial charge in [-0.3, -0.25) is 4.79 Å². The van der Waals surface area contributed by atoms with Gasteiger partial charge < -0.3 is 10.4 Å². The van der Waals surface area contributed by atoms with Crippen LogP contribution in [0.1, 0.15) is 28.6 Å². The molecule has 1 amide bonds. The number of thiophene rings is 1. The van der Waals surface area contributed by atoms with Crippen molar-refractivity contribution >= 4 is 40.7 Å². The molecule has 1 fully saturated rings. The number of carboxylic acid groups (broad SMARTS) is 1. The number of carbonyl (C=O) groups is 2. The molecule has 3 rings (SSSR count). The lowest BCUT2D eigenvalue weighted by atomic mass is 10.4. The van der Waals surface area contributed by atoms with E-state index in [-0.39, 0.29) is 16.5 Å². The second kappa shape index (κ2) is 5.82. The average Bonchev–Trinajstić information content (AvgIpc) is 3.00. The lowest BCUT2D eigenvalue weighted by Gasteiger charge is -2.04. The third kappa shape index (κ3) is 3.22. The molecule has 0 aromatic carbocycles. The van der Waals surface area contributed by atoms with Gasteiger partial charge in [-0.1, -0.05) is 11.8 Å². The molecular weight excluding hydrogens is 314 g/mol. The van der Waals surface area contributed by atoms with E-state index in [4.69, 9.17) is 5.11 Å². The molecular formula is C11H11N5O3S2. The number of carbonyl (C=O) groups excluding carboxylic acids is 1. The zero-order valence-electron chi connectivity index (χ0n) is 10.7. The molecule has 110 valence electrons. The van der Waals surface area contributed by atoms with Crippen LogP contribution in [0.5, 0.6) is 0 Å². The Labute approximate surface area is 127 Å². The summed E-state index contributed by atoms with van der Waals surface area (Å²) in [4.78, 5) is 23.0. The minimum atomic E-state index is -1.05. The number of nitrogens with zero attached hydrogens (tertiary/aromatic N) is 4. The van der Waals surface area contributed by atoms with Crippen LogP contribution in [0.25, 0.3) is 0 Å². The third-order valence-electron chi connectivity index (χ3n) is 2.82. The molecule has 0 radical (unpaired) electrons. The van der Waals surface area contributed by atoms with Crippen molar-refractivity contribution in [2.24, 2.45) is 0 Å². The highest BCUT2D eigenvalue weighted by molar-refractivity contribution is 7.99. The van der Waals surface area contributed by atoms with Crippen LogP contribution in [-0.4, -0.2) is 42.9 Å². The summed E-state index contributed by atoms with van der Waals surface area (Å²) in [6.45, 7) is 0. The number of nitrogens with one attached hydrogen (secondary N) is 1. The van der Waals surface area contributed by atoms with Crippen LogP contribution in [0.2, 0.25) is 0 Å². The van der Waals surface area contributed by atoms with Crippen molar-refractivity contribution in [2.45, 2.75) is 24.0 Å². The molecule has 0 atom stereocenters. The van der Waals surface area contributed by atoms with Crippen molar-refractivity contribution < 1.29 is 14.7 Å². The normalized spacial score (nSPS) is 14.1. The molecule has 0 saturated heterocycles. The Morgan fingerprint density at radius 1 is 1.52 bits per heavy atom. The minimum Gasteiger partial charge on any atom is -0.477 e. The van der Waals surface area contributed by atoms with Gasteiger partial charge in [0.15, 0.2) is 0 Å². The van der Waals surface area contributed by atoms with Gasteiger partial charge in [0, 0.05) is 0 Å². The predicted molar refractivity (Wildman–Crippen MR) is 76.7 cm³/mol. The lowest BCUT2D eigenvalue weighted by Crippen LogP contribution is -2.16. The molecule has 2 aromatic rings. The van der Waals surface area contributed by atoms with Gasteiger partial charge in [-0.2, -0.15) is 0 Å². The van der Waals surface area contributed by atoms with Crippen LogP contribution >= 0.6 is 23.1 Å². The fourth-order valence-electron chi connectivity index (χ4n) is 1.72. The summed E-state index contributed by atoms with van der Waals surface area (Å²) in [7, 11) is 0. The first kappa shape index (κ1) is 14.0. The first-order chi connectivity index (χ1) is 10.1. The van der Waals surface area contributed by atoms with E-state index >= 15 is 0 Å². The first-order valence-corrected chi connectivity index (χ1v) is 8.03. The van der Waals surface area contributed by atoms with Gasteiger partial charge in [-0.05, 0) is 34.7 Å². The maximum atomic E-state index is 11.9. The van der Waals surface area contributed by atoms with Crippen molar-refractivity contribution in [2.75, 3.05) is 11.1 Å².